The second-order valence-corrected chi connectivity index (χ2v) is 4.97. The lowest BCUT2D eigenvalue weighted by Crippen LogP contribution is -2.20. The van der Waals surface area contributed by atoms with E-state index in [1.165, 1.54) is 17.8 Å². The first-order valence-electron chi connectivity index (χ1n) is 6.94. The maximum atomic E-state index is 13.2. The number of benzene rings is 1. The third kappa shape index (κ3) is 3.45. The summed E-state index contributed by atoms with van der Waals surface area (Å²) in [6.07, 6.45) is 3.14. The molecule has 1 unspecified atom stereocenters. The van der Waals surface area contributed by atoms with Gasteiger partial charge in [-0.05, 0) is 43.2 Å². The molecule has 2 rings (SSSR count). The Labute approximate surface area is 118 Å². The second-order valence-electron chi connectivity index (χ2n) is 4.97. The van der Waals surface area contributed by atoms with Crippen molar-refractivity contribution in [2.45, 2.75) is 39.4 Å². The Bertz CT molecular complexity index is 563. The SMILES string of the molecule is CCCn1cccc1CNC(C)c1ccc(F)c(F)c1. The van der Waals surface area contributed by atoms with Gasteiger partial charge in [-0.1, -0.05) is 13.0 Å². The van der Waals surface area contributed by atoms with Crippen LogP contribution < -0.4 is 5.32 Å². The Morgan fingerprint density at radius 2 is 2.00 bits per heavy atom. The van der Waals surface area contributed by atoms with Crippen LogP contribution in [0.3, 0.4) is 0 Å². The Morgan fingerprint density at radius 1 is 1.20 bits per heavy atom. The highest BCUT2D eigenvalue weighted by atomic mass is 19.2. The molecule has 1 atom stereocenters. The Hall–Kier alpha value is -1.68. The first-order chi connectivity index (χ1) is 9.61. The molecule has 1 heterocycles. The van der Waals surface area contributed by atoms with Crippen molar-refractivity contribution in [2.75, 3.05) is 0 Å². The van der Waals surface area contributed by atoms with Crippen LogP contribution in [-0.4, -0.2) is 4.57 Å². The summed E-state index contributed by atoms with van der Waals surface area (Å²) in [6.45, 7) is 5.78. The van der Waals surface area contributed by atoms with Gasteiger partial charge >= 0.3 is 0 Å². The van der Waals surface area contributed by atoms with Gasteiger partial charge in [0.1, 0.15) is 0 Å². The van der Waals surface area contributed by atoms with Crippen LogP contribution in [0.1, 0.15) is 37.6 Å². The third-order valence-corrected chi connectivity index (χ3v) is 3.42. The van der Waals surface area contributed by atoms with E-state index in [2.05, 4.69) is 29.1 Å². The summed E-state index contributed by atoms with van der Waals surface area (Å²) in [5.74, 6) is -1.61. The first kappa shape index (κ1) is 14.7. The molecule has 1 aromatic heterocycles. The normalized spacial score (nSPS) is 12.6. The van der Waals surface area contributed by atoms with Crippen LogP contribution >= 0.6 is 0 Å². The van der Waals surface area contributed by atoms with E-state index >= 15 is 0 Å². The molecule has 0 amide bonds. The molecule has 0 aliphatic heterocycles. The van der Waals surface area contributed by atoms with E-state index in [1.807, 2.05) is 13.0 Å². The van der Waals surface area contributed by atoms with Crippen molar-refractivity contribution in [3.8, 4) is 0 Å². The molecule has 0 fully saturated rings. The van der Waals surface area contributed by atoms with Crippen molar-refractivity contribution < 1.29 is 8.78 Å². The minimum atomic E-state index is -0.808. The van der Waals surface area contributed by atoms with E-state index in [0.717, 1.165) is 18.5 Å². The average Bonchev–Trinajstić information content (AvgIpc) is 2.87. The molecule has 0 spiro atoms. The van der Waals surface area contributed by atoms with Gasteiger partial charge in [-0.15, -0.1) is 0 Å². The lowest BCUT2D eigenvalue weighted by molar-refractivity contribution is 0.498. The molecule has 0 aliphatic carbocycles. The number of nitrogens with one attached hydrogen (secondary N) is 1. The number of nitrogens with zero attached hydrogens (tertiary/aromatic N) is 1. The molecule has 0 bridgehead atoms. The minimum Gasteiger partial charge on any atom is -0.350 e. The number of rotatable bonds is 6. The lowest BCUT2D eigenvalue weighted by atomic mass is 10.1. The minimum absolute atomic E-state index is 0.0323. The van der Waals surface area contributed by atoms with E-state index in [0.29, 0.717) is 6.54 Å². The predicted molar refractivity (Wildman–Crippen MR) is 76.3 cm³/mol. The maximum absolute atomic E-state index is 13.2. The summed E-state index contributed by atoms with van der Waals surface area (Å²) in [7, 11) is 0. The molecule has 0 radical (unpaired) electrons. The van der Waals surface area contributed by atoms with Gasteiger partial charge < -0.3 is 9.88 Å². The molecule has 0 saturated carbocycles. The zero-order valence-corrected chi connectivity index (χ0v) is 11.9. The molecule has 2 aromatic rings. The summed E-state index contributed by atoms with van der Waals surface area (Å²) < 4.78 is 28.3. The van der Waals surface area contributed by atoms with Crippen molar-refractivity contribution in [1.29, 1.82) is 0 Å². The van der Waals surface area contributed by atoms with Crippen LogP contribution in [0.4, 0.5) is 8.78 Å². The zero-order valence-electron chi connectivity index (χ0n) is 11.9. The van der Waals surface area contributed by atoms with Crippen molar-refractivity contribution in [3.63, 3.8) is 0 Å². The predicted octanol–water partition coefficient (Wildman–Crippen LogP) is 4.03. The Balaban J connectivity index is 1.99. The zero-order chi connectivity index (χ0) is 14.5. The quantitative estimate of drug-likeness (QED) is 0.844. The highest BCUT2D eigenvalue weighted by molar-refractivity contribution is 5.21. The number of halogens is 2. The van der Waals surface area contributed by atoms with E-state index in [9.17, 15) is 8.78 Å². The fourth-order valence-corrected chi connectivity index (χ4v) is 2.23. The van der Waals surface area contributed by atoms with Gasteiger partial charge in [0, 0.05) is 31.0 Å². The topological polar surface area (TPSA) is 17.0 Å². The van der Waals surface area contributed by atoms with Crippen molar-refractivity contribution in [1.82, 2.24) is 9.88 Å². The third-order valence-electron chi connectivity index (χ3n) is 3.42. The van der Waals surface area contributed by atoms with Crippen LogP contribution in [0.25, 0.3) is 0 Å². The molecule has 20 heavy (non-hydrogen) atoms. The lowest BCUT2D eigenvalue weighted by Gasteiger charge is -2.16. The molecule has 1 aromatic carbocycles. The molecule has 1 N–H and O–H groups in total. The molecule has 4 heteroatoms. The van der Waals surface area contributed by atoms with Gasteiger partial charge in [0.15, 0.2) is 11.6 Å². The van der Waals surface area contributed by atoms with E-state index < -0.39 is 11.6 Å². The highest BCUT2D eigenvalue weighted by Gasteiger charge is 2.09. The Kier molecular flexibility index (Phi) is 4.90. The van der Waals surface area contributed by atoms with Crippen LogP contribution in [0.5, 0.6) is 0 Å². The summed E-state index contributed by atoms with van der Waals surface area (Å²) in [5, 5.41) is 3.34. The molecule has 2 nitrogen and oxygen atoms in total. The van der Waals surface area contributed by atoms with Gasteiger partial charge in [-0.2, -0.15) is 0 Å². The first-order valence-corrected chi connectivity index (χ1v) is 6.94. The van der Waals surface area contributed by atoms with E-state index in [-0.39, 0.29) is 6.04 Å². The second kappa shape index (κ2) is 6.66. The smallest absolute Gasteiger partial charge is 0.159 e. The fraction of sp³-hybridized carbons (Fsp3) is 0.375. The fourth-order valence-electron chi connectivity index (χ4n) is 2.23. The summed E-state index contributed by atoms with van der Waals surface area (Å²) in [6, 6.07) is 8.09. The van der Waals surface area contributed by atoms with Gasteiger partial charge in [-0.3, -0.25) is 0 Å². The largest absolute Gasteiger partial charge is 0.350 e. The number of aromatic nitrogens is 1. The van der Waals surface area contributed by atoms with Crippen molar-refractivity contribution in [3.05, 3.63) is 59.4 Å². The van der Waals surface area contributed by atoms with Gasteiger partial charge in [0.2, 0.25) is 0 Å². The number of hydrogen-bond acceptors (Lipinski definition) is 1. The van der Waals surface area contributed by atoms with Gasteiger partial charge in [0.05, 0.1) is 0 Å². The molecule has 0 saturated heterocycles. The van der Waals surface area contributed by atoms with Crippen LogP contribution in [-0.2, 0) is 13.1 Å². The maximum Gasteiger partial charge on any atom is 0.159 e. The molecular formula is C16H20F2N2. The van der Waals surface area contributed by atoms with E-state index in [1.54, 1.807) is 6.07 Å². The van der Waals surface area contributed by atoms with Crippen LogP contribution in [0, 0.1) is 11.6 Å². The van der Waals surface area contributed by atoms with Crippen molar-refractivity contribution >= 4 is 0 Å². The standard InChI is InChI=1S/C16H20F2N2/c1-3-8-20-9-4-5-14(20)11-19-12(2)13-6-7-15(17)16(18)10-13/h4-7,9-10,12,19H,3,8,11H2,1-2H3. The van der Waals surface area contributed by atoms with Gasteiger partial charge in [-0.25, -0.2) is 8.78 Å². The number of aryl methyl sites for hydroxylation is 1. The molecule has 108 valence electrons. The number of hydrogen-bond donors (Lipinski definition) is 1. The van der Waals surface area contributed by atoms with Gasteiger partial charge in [0.25, 0.3) is 0 Å². The van der Waals surface area contributed by atoms with Crippen LogP contribution in [0.15, 0.2) is 36.5 Å². The molecular weight excluding hydrogens is 258 g/mol. The molecule has 0 aliphatic rings. The summed E-state index contributed by atoms with van der Waals surface area (Å²) in [4.78, 5) is 0. The highest BCUT2D eigenvalue weighted by Crippen LogP contribution is 2.16. The van der Waals surface area contributed by atoms with E-state index in [4.69, 9.17) is 0 Å². The summed E-state index contributed by atoms with van der Waals surface area (Å²) in [5.41, 5.74) is 1.94. The Morgan fingerprint density at radius 3 is 2.70 bits per heavy atom. The summed E-state index contributed by atoms with van der Waals surface area (Å²) >= 11 is 0. The average molecular weight is 278 g/mol. The van der Waals surface area contributed by atoms with Crippen LogP contribution in [0.2, 0.25) is 0 Å². The monoisotopic (exact) mass is 278 g/mol. The van der Waals surface area contributed by atoms with Crippen molar-refractivity contribution in [2.24, 2.45) is 0 Å².